The van der Waals surface area contributed by atoms with Crippen molar-refractivity contribution in [2.24, 2.45) is 0 Å². The second kappa shape index (κ2) is 12.0. The summed E-state index contributed by atoms with van der Waals surface area (Å²) >= 11 is 0.990. The molecular weight excluding hydrogens is 450 g/mol. The van der Waals surface area contributed by atoms with Gasteiger partial charge in [-0.15, -0.1) is 0 Å². The first kappa shape index (κ1) is 25.1. The van der Waals surface area contributed by atoms with Crippen LogP contribution in [0, 0.1) is 0 Å². The van der Waals surface area contributed by atoms with Crippen molar-refractivity contribution in [3.8, 4) is 5.75 Å². The molecule has 1 atom stereocenters. The molecule has 1 unspecified atom stereocenters. The van der Waals surface area contributed by atoms with Crippen LogP contribution in [0.5, 0.6) is 5.75 Å². The molecule has 0 aliphatic carbocycles. The summed E-state index contributed by atoms with van der Waals surface area (Å²) in [5.41, 5.74) is 1.70. The molecule has 3 aromatic carbocycles. The van der Waals surface area contributed by atoms with Gasteiger partial charge in [-0.1, -0.05) is 66.4 Å². The van der Waals surface area contributed by atoms with Crippen LogP contribution in [0.15, 0.2) is 84.9 Å². The summed E-state index contributed by atoms with van der Waals surface area (Å²) in [4.78, 5) is 37.5. The Kier molecular flexibility index (Phi) is 8.87. The van der Waals surface area contributed by atoms with Crippen molar-refractivity contribution in [2.75, 3.05) is 18.5 Å². The molecule has 0 saturated heterocycles. The standard InChI is InChI=1S/C27H27NO5S/c1-20(29)34-27(2,19-21-10-5-3-6-11-21)26(31)28-23-13-9-12-22(18-23)25(30)33-17-16-32-24-14-7-4-8-15-24/h3-15,18H,16-17,19H2,1-2H3,(H,28,31). The second-order valence-corrected chi connectivity index (χ2v) is 9.50. The molecule has 0 saturated carbocycles. The van der Waals surface area contributed by atoms with Gasteiger partial charge in [-0.2, -0.15) is 0 Å². The highest BCUT2D eigenvalue weighted by atomic mass is 32.2. The van der Waals surface area contributed by atoms with Crippen LogP contribution in [0.4, 0.5) is 5.69 Å². The van der Waals surface area contributed by atoms with Gasteiger partial charge in [0.05, 0.1) is 5.56 Å². The molecule has 0 aromatic heterocycles. The van der Waals surface area contributed by atoms with Crippen LogP contribution in [0.1, 0.15) is 29.8 Å². The number of nitrogens with one attached hydrogen (secondary N) is 1. The fourth-order valence-corrected chi connectivity index (χ4v) is 4.36. The number of carbonyl (C=O) groups is 3. The summed E-state index contributed by atoms with van der Waals surface area (Å²) in [5, 5.41) is 2.70. The Balaban J connectivity index is 1.61. The third kappa shape index (κ3) is 7.49. The van der Waals surface area contributed by atoms with Gasteiger partial charge in [-0.25, -0.2) is 4.79 Å². The summed E-state index contributed by atoms with van der Waals surface area (Å²) in [6.07, 6.45) is 0.382. The number of carbonyl (C=O) groups excluding carboxylic acids is 3. The summed E-state index contributed by atoms with van der Waals surface area (Å²) in [6, 6.07) is 25.3. The monoisotopic (exact) mass is 477 g/mol. The number of hydrogen-bond acceptors (Lipinski definition) is 6. The van der Waals surface area contributed by atoms with Crippen LogP contribution in [0.3, 0.4) is 0 Å². The van der Waals surface area contributed by atoms with Gasteiger partial charge < -0.3 is 14.8 Å². The van der Waals surface area contributed by atoms with Crippen LogP contribution in [0.25, 0.3) is 0 Å². The zero-order valence-electron chi connectivity index (χ0n) is 19.2. The molecule has 3 aromatic rings. The predicted octanol–water partition coefficient (Wildman–Crippen LogP) is 5.14. The molecule has 1 N–H and O–H groups in total. The normalized spacial score (nSPS) is 12.3. The largest absolute Gasteiger partial charge is 0.490 e. The first-order valence-corrected chi connectivity index (χ1v) is 11.7. The predicted molar refractivity (Wildman–Crippen MR) is 134 cm³/mol. The lowest BCUT2D eigenvalue weighted by molar-refractivity contribution is -0.118. The van der Waals surface area contributed by atoms with Gasteiger partial charge in [-0.3, -0.25) is 9.59 Å². The summed E-state index contributed by atoms with van der Waals surface area (Å²) in [5.74, 6) is -0.138. The molecule has 7 heteroatoms. The average Bonchev–Trinajstić information content (AvgIpc) is 2.82. The van der Waals surface area contributed by atoms with Crippen molar-refractivity contribution in [2.45, 2.75) is 25.0 Å². The van der Waals surface area contributed by atoms with Crippen molar-refractivity contribution in [1.29, 1.82) is 0 Å². The smallest absolute Gasteiger partial charge is 0.338 e. The van der Waals surface area contributed by atoms with E-state index >= 15 is 0 Å². The lowest BCUT2D eigenvalue weighted by Crippen LogP contribution is -2.40. The van der Waals surface area contributed by atoms with E-state index in [2.05, 4.69) is 5.32 Å². The molecule has 0 radical (unpaired) electrons. The number of esters is 1. The highest BCUT2D eigenvalue weighted by Crippen LogP contribution is 2.31. The van der Waals surface area contributed by atoms with Crippen molar-refractivity contribution in [3.63, 3.8) is 0 Å². The maximum absolute atomic E-state index is 13.2. The molecule has 0 aliphatic heterocycles. The number of hydrogen-bond donors (Lipinski definition) is 1. The minimum Gasteiger partial charge on any atom is -0.490 e. The van der Waals surface area contributed by atoms with E-state index in [1.807, 2.05) is 60.7 Å². The Labute approximate surface area is 203 Å². The van der Waals surface area contributed by atoms with Crippen molar-refractivity contribution in [3.05, 3.63) is 96.1 Å². The SMILES string of the molecule is CC(=O)SC(C)(Cc1ccccc1)C(=O)Nc1cccc(C(=O)OCCOc2ccccc2)c1. The fourth-order valence-electron chi connectivity index (χ4n) is 3.35. The molecule has 34 heavy (non-hydrogen) atoms. The Morgan fingerprint density at radius 1 is 0.882 bits per heavy atom. The average molecular weight is 478 g/mol. The minimum absolute atomic E-state index is 0.0920. The van der Waals surface area contributed by atoms with Gasteiger partial charge in [0.1, 0.15) is 23.7 Å². The Morgan fingerprint density at radius 2 is 1.56 bits per heavy atom. The van der Waals surface area contributed by atoms with Crippen LogP contribution in [-0.4, -0.2) is 35.0 Å². The first-order chi connectivity index (χ1) is 16.4. The van der Waals surface area contributed by atoms with E-state index < -0.39 is 10.7 Å². The fraction of sp³-hybridized carbons (Fsp3) is 0.222. The summed E-state index contributed by atoms with van der Waals surface area (Å²) in [7, 11) is 0. The molecule has 0 heterocycles. The number of rotatable bonds is 10. The first-order valence-electron chi connectivity index (χ1n) is 10.9. The molecule has 3 rings (SSSR count). The van der Waals surface area contributed by atoms with E-state index in [0.717, 1.165) is 17.3 Å². The molecule has 0 fully saturated rings. The number of benzene rings is 3. The van der Waals surface area contributed by atoms with Crippen molar-refractivity contribution >= 4 is 34.4 Å². The lowest BCUT2D eigenvalue weighted by atomic mass is 9.99. The zero-order chi connectivity index (χ0) is 24.4. The highest BCUT2D eigenvalue weighted by molar-refractivity contribution is 8.15. The summed E-state index contributed by atoms with van der Waals surface area (Å²) < 4.78 is 9.79. The zero-order valence-corrected chi connectivity index (χ0v) is 20.0. The van der Waals surface area contributed by atoms with E-state index in [-0.39, 0.29) is 24.2 Å². The van der Waals surface area contributed by atoms with E-state index in [1.165, 1.54) is 6.92 Å². The number of amides is 1. The maximum Gasteiger partial charge on any atom is 0.338 e. The van der Waals surface area contributed by atoms with Gasteiger partial charge in [-0.05, 0) is 49.2 Å². The number of para-hydroxylation sites is 1. The van der Waals surface area contributed by atoms with Crippen molar-refractivity contribution < 1.29 is 23.9 Å². The van der Waals surface area contributed by atoms with Crippen molar-refractivity contribution in [1.82, 2.24) is 0 Å². The quantitative estimate of drug-likeness (QED) is 0.322. The molecule has 0 spiro atoms. The third-order valence-electron chi connectivity index (χ3n) is 4.92. The topological polar surface area (TPSA) is 81.7 Å². The number of anilines is 1. The molecule has 1 amide bonds. The van der Waals surface area contributed by atoms with E-state index in [1.54, 1.807) is 31.2 Å². The van der Waals surface area contributed by atoms with Crippen LogP contribution < -0.4 is 10.1 Å². The molecule has 0 bridgehead atoms. The molecular formula is C27H27NO5S. The highest BCUT2D eigenvalue weighted by Gasteiger charge is 2.36. The Hall–Kier alpha value is -3.58. The van der Waals surface area contributed by atoms with Gasteiger partial charge >= 0.3 is 5.97 Å². The maximum atomic E-state index is 13.2. The third-order valence-corrected chi connectivity index (χ3v) is 5.99. The second-order valence-electron chi connectivity index (χ2n) is 7.82. The van der Waals surface area contributed by atoms with Gasteiger partial charge in [0.2, 0.25) is 5.91 Å². The van der Waals surface area contributed by atoms with E-state index in [4.69, 9.17) is 9.47 Å². The Bertz CT molecular complexity index is 1120. The van der Waals surface area contributed by atoms with E-state index in [9.17, 15) is 14.4 Å². The number of thioether (sulfide) groups is 1. The number of ether oxygens (including phenoxy) is 2. The van der Waals surface area contributed by atoms with E-state index in [0.29, 0.717) is 23.4 Å². The Morgan fingerprint density at radius 3 is 2.24 bits per heavy atom. The molecule has 6 nitrogen and oxygen atoms in total. The van der Waals surface area contributed by atoms with Crippen LogP contribution in [0.2, 0.25) is 0 Å². The lowest BCUT2D eigenvalue weighted by Gasteiger charge is -2.27. The van der Waals surface area contributed by atoms with Crippen LogP contribution >= 0.6 is 11.8 Å². The van der Waals surface area contributed by atoms with Gasteiger partial charge in [0.25, 0.3) is 0 Å². The molecule has 0 aliphatic rings. The molecule has 176 valence electrons. The summed E-state index contributed by atoms with van der Waals surface area (Å²) in [6.45, 7) is 3.51. The van der Waals surface area contributed by atoms with Gasteiger partial charge in [0.15, 0.2) is 5.12 Å². The van der Waals surface area contributed by atoms with Crippen LogP contribution in [-0.2, 0) is 20.7 Å². The minimum atomic E-state index is -1.02. The van der Waals surface area contributed by atoms with Gasteiger partial charge in [0, 0.05) is 12.6 Å².